The number of carbonyl (C=O) groups excluding carboxylic acids is 2. The Labute approximate surface area is 177 Å². The van der Waals surface area contributed by atoms with Crippen LogP contribution < -0.4 is 4.90 Å². The summed E-state index contributed by atoms with van der Waals surface area (Å²) in [5, 5.41) is 0. The number of amides is 2. The van der Waals surface area contributed by atoms with E-state index in [4.69, 9.17) is 4.74 Å². The van der Waals surface area contributed by atoms with E-state index in [2.05, 4.69) is 0 Å². The monoisotopic (exact) mass is 430 g/mol. The number of hydrogen-bond donors (Lipinski definition) is 0. The molecule has 2 unspecified atom stereocenters. The van der Waals surface area contributed by atoms with Gasteiger partial charge in [-0.1, -0.05) is 30.3 Å². The third kappa shape index (κ3) is 3.95. The Morgan fingerprint density at radius 3 is 2.00 bits per heavy atom. The molecule has 0 radical (unpaired) electrons. The number of nitrogens with zero attached hydrogens (tertiary/aromatic N) is 2. The Bertz CT molecular complexity index is 1020. The molecule has 2 aliphatic rings. The maximum atomic E-state index is 13.4. The van der Waals surface area contributed by atoms with Gasteiger partial charge in [0.2, 0.25) is 0 Å². The van der Waals surface area contributed by atoms with E-state index in [0.717, 1.165) is 29.2 Å². The van der Waals surface area contributed by atoms with Crippen molar-refractivity contribution in [2.24, 2.45) is 0 Å². The molecule has 1 saturated heterocycles. The van der Waals surface area contributed by atoms with E-state index in [1.807, 2.05) is 18.7 Å². The lowest BCUT2D eigenvalue weighted by molar-refractivity contribution is -0.137. The van der Waals surface area contributed by atoms with Gasteiger partial charge in [0, 0.05) is 13.1 Å². The molecule has 0 spiro atoms. The fraction of sp³-hybridized carbons (Fsp3) is 0.304. The second-order valence-corrected chi connectivity index (χ2v) is 7.74. The van der Waals surface area contributed by atoms with Crippen molar-refractivity contribution in [2.45, 2.75) is 32.2 Å². The Hall–Kier alpha value is -3.13. The maximum absolute atomic E-state index is 13.4. The maximum Gasteiger partial charge on any atom is 0.416 e. The van der Waals surface area contributed by atoms with Crippen LogP contribution in [0.25, 0.3) is 5.57 Å². The highest BCUT2D eigenvalue weighted by molar-refractivity contribution is 6.45. The zero-order valence-electron chi connectivity index (χ0n) is 17.0. The van der Waals surface area contributed by atoms with Crippen molar-refractivity contribution >= 4 is 23.1 Å². The molecule has 8 heteroatoms. The van der Waals surface area contributed by atoms with E-state index in [-0.39, 0.29) is 29.2 Å². The number of halogens is 3. The Morgan fingerprint density at radius 2 is 1.45 bits per heavy atom. The summed E-state index contributed by atoms with van der Waals surface area (Å²) in [5.74, 6) is -1.11. The molecule has 0 saturated carbocycles. The van der Waals surface area contributed by atoms with Crippen LogP contribution in [0.5, 0.6) is 0 Å². The molecule has 1 fully saturated rings. The molecular weight excluding hydrogens is 409 g/mol. The van der Waals surface area contributed by atoms with Crippen molar-refractivity contribution in [3.8, 4) is 0 Å². The summed E-state index contributed by atoms with van der Waals surface area (Å²) >= 11 is 0. The van der Waals surface area contributed by atoms with Crippen molar-refractivity contribution in [3.05, 3.63) is 71.4 Å². The average molecular weight is 430 g/mol. The molecule has 2 aliphatic heterocycles. The topological polar surface area (TPSA) is 49.9 Å². The van der Waals surface area contributed by atoms with Crippen LogP contribution in [0.4, 0.5) is 18.9 Å². The largest absolute Gasteiger partial charge is 0.416 e. The second-order valence-electron chi connectivity index (χ2n) is 7.74. The predicted octanol–water partition coefficient (Wildman–Crippen LogP) is 4.10. The number of benzene rings is 2. The molecule has 0 aliphatic carbocycles. The fourth-order valence-electron chi connectivity index (χ4n) is 4.07. The molecule has 2 atom stereocenters. The van der Waals surface area contributed by atoms with Crippen LogP contribution in [0.1, 0.15) is 25.0 Å². The Morgan fingerprint density at radius 1 is 0.871 bits per heavy atom. The van der Waals surface area contributed by atoms with Crippen LogP contribution >= 0.6 is 0 Å². The summed E-state index contributed by atoms with van der Waals surface area (Å²) in [4.78, 5) is 29.6. The van der Waals surface area contributed by atoms with Crippen molar-refractivity contribution in [1.82, 2.24) is 4.90 Å². The highest BCUT2D eigenvalue weighted by Gasteiger charge is 2.44. The summed E-state index contributed by atoms with van der Waals surface area (Å²) in [6.07, 6.45) is -4.79. The zero-order valence-corrected chi connectivity index (χ0v) is 17.0. The minimum Gasteiger partial charge on any atom is -0.372 e. The van der Waals surface area contributed by atoms with E-state index in [0.29, 0.717) is 18.7 Å². The van der Waals surface area contributed by atoms with Crippen molar-refractivity contribution in [2.75, 3.05) is 18.0 Å². The lowest BCUT2D eigenvalue weighted by Crippen LogP contribution is -2.47. The number of carbonyl (C=O) groups is 2. The molecule has 2 aromatic carbocycles. The number of imide groups is 1. The summed E-state index contributed by atoms with van der Waals surface area (Å²) < 4.78 is 44.6. The second kappa shape index (κ2) is 7.85. The third-order valence-corrected chi connectivity index (χ3v) is 5.31. The van der Waals surface area contributed by atoms with E-state index < -0.39 is 23.6 Å². The standard InChI is InChI=1S/C23H21F3N2O3/c1-14-12-27(13-15(2)31-14)20-19(16-6-4-3-5-7-16)21(29)28(22(20)30)18-10-8-17(9-11-18)23(24,25)26/h3-11,14-15H,12-13H2,1-2H3. The van der Waals surface area contributed by atoms with Gasteiger partial charge in [-0.2, -0.15) is 13.2 Å². The van der Waals surface area contributed by atoms with E-state index in [9.17, 15) is 22.8 Å². The van der Waals surface area contributed by atoms with Crippen LogP contribution in [0, 0.1) is 0 Å². The first-order valence-corrected chi connectivity index (χ1v) is 9.93. The molecule has 0 aromatic heterocycles. The first-order valence-electron chi connectivity index (χ1n) is 9.93. The Kier molecular flexibility index (Phi) is 5.35. The van der Waals surface area contributed by atoms with Gasteiger partial charge in [-0.3, -0.25) is 9.59 Å². The smallest absolute Gasteiger partial charge is 0.372 e. The van der Waals surface area contributed by atoms with E-state index >= 15 is 0 Å². The number of morpholine rings is 1. The number of anilines is 1. The molecule has 2 aromatic rings. The van der Waals surface area contributed by atoms with Gasteiger partial charge in [0.25, 0.3) is 11.8 Å². The summed E-state index contributed by atoms with van der Waals surface area (Å²) in [6, 6.07) is 12.9. The molecule has 0 bridgehead atoms. The van der Waals surface area contributed by atoms with Crippen LogP contribution in [-0.4, -0.2) is 42.0 Å². The number of hydrogen-bond acceptors (Lipinski definition) is 4. The van der Waals surface area contributed by atoms with Gasteiger partial charge in [0.05, 0.1) is 29.0 Å². The minimum atomic E-state index is -4.50. The highest BCUT2D eigenvalue weighted by atomic mass is 19.4. The van der Waals surface area contributed by atoms with Gasteiger partial charge < -0.3 is 9.64 Å². The van der Waals surface area contributed by atoms with Gasteiger partial charge in [-0.15, -0.1) is 0 Å². The van der Waals surface area contributed by atoms with Crippen LogP contribution in [0.3, 0.4) is 0 Å². The first-order chi connectivity index (χ1) is 14.7. The van der Waals surface area contributed by atoms with Crippen LogP contribution in [-0.2, 0) is 20.5 Å². The van der Waals surface area contributed by atoms with Gasteiger partial charge >= 0.3 is 6.18 Å². The van der Waals surface area contributed by atoms with Crippen molar-refractivity contribution < 1.29 is 27.5 Å². The summed E-state index contributed by atoms with van der Waals surface area (Å²) in [7, 11) is 0. The summed E-state index contributed by atoms with van der Waals surface area (Å²) in [6.45, 7) is 4.63. The Balaban J connectivity index is 1.77. The average Bonchev–Trinajstić information content (AvgIpc) is 2.97. The van der Waals surface area contributed by atoms with Gasteiger partial charge in [0.1, 0.15) is 5.70 Å². The molecule has 31 heavy (non-hydrogen) atoms. The third-order valence-electron chi connectivity index (χ3n) is 5.31. The molecule has 4 rings (SSSR count). The normalized spacial score (nSPS) is 22.5. The summed E-state index contributed by atoms with van der Waals surface area (Å²) in [5.41, 5.74) is 0.324. The number of alkyl halides is 3. The molecule has 5 nitrogen and oxygen atoms in total. The lowest BCUT2D eigenvalue weighted by atomic mass is 10.0. The zero-order chi connectivity index (χ0) is 22.3. The van der Waals surface area contributed by atoms with Crippen molar-refractivity contribution in [3.63, 3.8) is 0 Å². The van der Waals surface area contributed by atoms with Gasteiger partial charge in [-0.25, -0.2) is 4.90 Å². The molecule has 0 N–H and O–H groups in total. The lowest BCUT2D eigenvalue weighted by Gasteiger charge is -2.37. The van der Waals surface area contributed by atoms with E-state index in [1.54, 1.807) is 30.3 Å². The van der Waals surface area contributed by atoms with Crippen LogP contribution in [0.2, 0.25) is 0 Å². The first kappa shape index (κ1) is 21.1. The van der Waals surface area contributed by atoms with Crippen LogP contribution in [0.15, 0.2) is 60.3 Å². The minimum absolute atomic E-state index is 0.0980. The van der Waals surface area contributed by atoms with Crippen molar-refractivity contribution in [1.29, 1.82) is 0 Å². The number of ether oxygens (including phenoxy) is 1. The number of rotatable bonds is 3. The molecule has 162 valence electrons. The SMILES string of the molecule is CC1CN(C2=C(c3ccccc3)C(=O)N(c3ccc(C(F)(F)F)cc3)C2=O)CC(C)O1. The predicted molar refractivity (Wildman–Crippen MR) is 109 cm³/mol. The molecular formula is C23H21F3N2O3. The quantitative estimate of drug-likeness (QED) is 0.688. The van der Waals surface area contributed by atoms with Gasteiger partial charge in [0.15, 0.2) is 0 Å². The molecule has 2 amide bonds. The molecule has 2 heterocycles. The van der Waals surface area contributed by atoms with E-state index in [1.165, 1.54) is 0 Å². The fourth-order valence-corrected chi connectivity index (χ4v) is 4.07. The highest BCUT2D eigenvalue weighted by Crippen LogP contribution is 2.37. The van der Waals surface area contributed by atoms with Gasteiger partial charge in [-0.05, 0) is 43.7 Å².